The lowest BCUT2D eigenvalue weighted by molar-refractivity contribution is 0.647. The van der Waals surface area contributed by atoms with Gasteiger partial charge in [-0.15, -0.1) is 0 Å². The lowest BCUT2D eigenvalue weighted by Crippen LogP contribution is -2.14. The standard InChI is InChI=1S/C40H26N2O/c1-40(2)33-12-6-3-9-27(33)31-21-32-30-18-16-25(20-38(30)43-39(32)22-34(31)40)26-17-15-24(23-41)19-37(26)42-35-13-7-4-10-28(35)29-11-5-8-14-36(29)42/h3-22H,1-2H3. The highest BCUT2D eigenvalue weighted by atomic mass is 16.3. The minimum atomic E-state index is -0.0794. The first-order valence-electron chi connectivity index (χ1n) is 14.7. The molecule has 0 spiro atoms. The van der Waals surface area contributed by atoms with Gasteiger partial charge in [0.1, 0.15) is 11.2 Å². The van der Waals surface area contributed by atoms with Crippen molar-refractivity contribution in [2.24, 2.45) is 0 Å². The molecule has 0 aliphatic heterocycles. The summed E-state index contributed by atoms with van der Waals surface area (Å²) in [5.74, 6) is 0. The second kappa shape index (κ2) is 8.47. The molecule has 0 radical (unpaired) electrons. The number of aromatic nitrogens is 1. The van der Waals surface area contributed by atoms with Crippen molar-refractivity contribution >= 4 is 43.7 Å². The molecule has 0 N–H and O–H groups in total. The molecule has 9 rings (SSSR count). The van der Waals surface area contributed by atoms with Gasteiger partial charge in [0.25, 0.3) is 0 Å². The van der Waals surface area contributed by atoms with Gasteiger partial charge in [-0.05, 0) is 76.3 Å². The van der Waals surface area contributed by atoms with Gasteiger partial charge in [-0.3, -0.25) is 0 Å². The second-order valence-corrected chi connectivity index (χ2v) is 12.1. The molecule has 0 saturated heterocycles. The Balaban J connectivity index is 1.28. The Bertz CT molecular complexity index is 2450. The van der Waals surface area contributed by atoms with Crippen LogP contribution in [0.4, 0.5) is 0 Å². The van der Waals surface area contributed by atoms with Crippen molar-refractivity contribution in [2.45, 2.75) is 19.3 Å². The highest BCUT2D eigenvalue weighted by Crippen LogP contribution is 2.51. The zero-order valence-electron chi connectivity index (χ0n) is 23.8. The van der Waals surface area contributed by atoms with Gasteiger partial charge in [0.15, 0.2) is 0 Å². The number of rotatable bonds is 2. The van der Waals surface area contributed by atoms with E-state index in [-0.39, 0.29) is 5.41 Å². The summed E-state index contributed by atoms with van der Waals surface area (Å²) in [5, 5.41) is 14.5. The maximum absolute atomic E-state index is 9.86. The van der Waals surface area contributed by atoms with Crippen LogP contribution in [0.3, 0.4) is 0 Å². The Morgan fingerprint density at radius 3 is 2.05 bits per heavy atom. The van der Waals surface area contributed by atoms with Crippen LogP contribution in [0.1, 0.15) is 30.5 Å². The monoisotopic (exact) mass is 550 g/mol. The summed E-state index contributed by atoms with van der Waals surface area (Å²) in [6, 6.07) is 45.1. The number of hydrogen-bond acceptors (Lipinski definition) is 2. The van der Waals surface area contributed by atoms with Crippen LogP contribution in [-0.4, -0.2) is 4.57 Å². The van der Waals surface area contributed by atoms with Gasteiger partial charge in [0, 0.05) is 32.5 Å². The largest absolute Gasteiger partial charge is 0.456 e. The highest BCUT2D eigenvalue weighted by molar-refractivity contribution is 6.11. The van der Waals surface area contributed by atoms with E-state index in [4.69, 9.17) is 4.42 Å². The van der Waals surface area contributed by atoms with E-state index in [2.05, 4.69) is 134 Å². The predicted molar refractivity (Wildman–Crippen MR) is 176 cm³/mol. The third-order valence-electron chi connectivity index (χ3n) is 9.43. The van der Waals surface area contributed by atoms with Crippen LogP contribution in [-0.2, 0) is 5.41 Å². The molecule has 0 atom stereocenters. The maximum Gasteiger partial charge on any atom is 0.136 e. The molecule has 2 aromatic heterocycles. The molecule has 43 heavy (non-hydrogen) atoms. The highest BCUT2D eigenvalue weighted by Gasteiger charge is 2.36. The first-order valence-corrected chi connectivity index (χ1v) is 14.7. The lowest BCUT2D eigenvalue weighted by Gasteiger charge is -2.21. The second-order valence-electron chi connectivity index (χ2n) is 12.1. The molecule has 3 heteroatoms. The average molecular weight is 551 g/mol. The van der Waals surface area contributed by atoms with Crippen LogP contribution in [0.5, 0.6) is 0 Å². The third-order valence-corrected chi connectivity index (χ3v) is 9.43. The molecule has 0 saturated carbocycles. The van der Waals surface area contributed by atoms with Crippen LogP contribution in [0.2, 0.25) is 0 Å². The van der Waals surface area contributed by atoms with Crippen LogP contribution in [0.25, 0.3) is 71.7 Å². The number of nitriles is 1. The molecule has 3 nitrogen and oxygen atoms in total. The fourth-order valence-electron chi connectivity index (χ4n) is 7.35. The van der Waals surface area contributed by atoms with E-state index in [1.54, 1.807) is 0 Å². The predicted octanol–water partition coefficient (Wildman–Crippen LogP) is 10.5. The van der Waals surface area contributed by atoms with Gasteiger partial charge in [0.2, 0.25) is 0 Å². The summed E-state index contributed by atoms with van der Waals surface area (Å²) in [4.78, 5) is 0. The summed E-state index contributed by atoms with van der Waals surface area (Å²) < 4.78 is 8.87. The molecule has 0 amide bonds. The summed E-state index contributed by atoms with van der Waals surface area (Å²) in [6.45, 7) is 4.59. The molecule has 8 aromatic rings. The number of furan rings is 1. The molecule has 6 aromatic carbocycles. The van der Waals surface area contributed by atoms with E-state index >= 15 is 0 Å². The van der Waals surface area contributed by atoms with Gasteiger partial charge in [-0.1, -0.05) is 86.6 Å². The molecule has 0 bridgehead atoms. The van der Waals surface area contributed by atoms with Crippen LogP contribution in [0.15, 0.2) is 126 Å². The lowest BCUT2D eigenvalue weighted by atomic mass is 9.82. The van der Waals surface area contributed by atoms with E-state index in [1.165, 1.54) is 33.0 Å². The molecule has 2 heterocycles. The van der Waals surface area contributed by atoms with Gasteiger partial charge < -0.3 is 8.98 Å². The summed E-state index contributed by atoms with van der Waals surface area (Å²) in [6.07, 6.45) is 0. The molecule has 0 fully saturated rings. The van der Waals surface area contributed by atoms with Gasteiger partial charge in [-0.25, -0.2) is 0 Å². The number of hydrogen-bond donors (Lipinski definition) is 0. The van der Waals surface area contributed by atoms with Crippen molar-refractivity contribution < 1.29 is 4.42 Å². The Labute approximate surface area is 248 Å². The van der Waals surface area contributed by atoms with E-state index in [9.17, 15) is 5.26 Å². The van der Waals surface area contributed by atoms with Crippen LogP contribution >= 0.6 is 0 Å². The van der Waals surface area contributed by atoms with Crippen molar-refractivity contribution in [1.82, 2.24) is 4.57 Å². The Morgan fingerprint density at radius 1 is 0.581 bits per heavy atom. The fraction of sp³-hybridized carbons (Fsp3) is 0.0750. The van der Waals surface area contributed by atoms with Gasteiger partial charge in [-0.2, -0.15) is 5.26 Å². The number of para-hydroxylation sites is 2. The minimum Gasteiger partial charge on any atom is -0.456 e. The molecular weight excluding hydrogens is 524 g/mol. The quantitative estimate of drug-likeness (QED) is 0.215. The smallest absolute Gasteiger partial charge is 0.136 e. The SMILES string of the molecule is CC1(C)c2ccccc2-c2cc3c(cc21)oc1cc(-c2ccc(C#N)cc2-n2c4ccccc4c4ccccc42)ccc13. The molecular formula is C40H26N2O. The fourth-order valence-corrected chi connectivity index (χ4v) is 7.35. The topological polar surface area (TPSA) is 41.9 Å². The van der Waals surface area contributed by atoms with Gasteiger partial charge >= 0.3 is 0 Å². The summed E-state index contributed by atoms with van der Waals surface area (Å²) in [5.41, 5.74) is 12.9. The Kier molecular flexibility index (Phi) is 4.74. The molecule has 1 aliphatic carbocycles. The van der Waals surface area contributed by atoms with Crippen LogP contribution < -0.4 is 0 Å². The Hall–Kier alpha value is -5.59. The maximum atomic E-state index is 9.86. The van der Waals surface area contributed by atoms with E-state index < -0.39 is 0 Å². The summed E-state index contributed by atoms with van der Waals surface area (Å²) >= 11 is 0. The van der Waals surface area contributed by atoms with Crippen LogP contribution in [0, 0.1) is 11.3 Å². The normalized spacial score (nSPS) is 13.5. The van der Waals surface area contributed by atoms with Crippen molar-refractivity contribution in [3.63, 3.8) is 0 Å². The third kappa shape index (κ3) is 3.24. The van der Waals surface area contributed by atoms with Crippen molar-refractivity contribution in [2.75, 3.05) is 0 Å². The van der Waals surface area contributed by atoms with E-state index in [1.807, 2.05) is 12.1 Å². The number of fused-ring (bicyclic) bond motifs is 9. The first-order chi connectivity index (χ1) is 21.0. The Morgan fingerprint density at radius 2 is 1.28 bits per heavy atom. The van der Waals surface area contributed by atoms with Gasteiger partial charge in [0.05, 0.1) is 28.4 Å². The zero-order chi connectivity index (χ0) is 28.9. The summed E-state index contributed by atoms with van der Waals surface area (Å²) in [7, 11) is 0. The van der Waals surface area contributed by atoms with Crippen molar-refractivity contribution in [1.29, 1.82) is 5.26 Å². The van der Waals surface area contributed by atoms with E-state index in [0.29, 0.717) is 5.56 Å². The van der Waals surface area contributed by atoms with Crippen molar-refractivity contribution in [3.05, 3.63) is 138 Å². The van der Waals surface area contributed by atoms with E-state index in [0.717, 1.165) is 49.8 Å². The average Bonchev–Trinajstić information content (AvgIpc) is 3.65. The number of benzene rings is 6. The molecule has 1 aliphatic rings. The minimum absolute atomic E-state index is 0.0794. The molecule has 202 valence electrons. The first kappa shape index (κ1) is 24.1. The molecule has 0 unspecified atom stereocenters. The number of nitrogens with zero attached hydrogens (tertiary/aromatic N) is 2. The zero-order valence-corrected chi connectivity index (χ0v) is 23.8. The van der Waals surface area contributed by atoms with Crippen molar-refractivity contribution in [3.8, 4) is 34.0 Å².